The van der Waals surface area contributed by atoms with Gasteiger partial charge in [-0.3, -0.25) is 4.79 Å². The summed E-state index contributed by atoms with van der Waals surface area (Å²) in [6, 6.07) is 0. The van der Waals surface area contributed by atoms with Gasteiger partial charge in [-0.05, 0) is 45.1 Å². The zero-order chi connectivity index (χ0) is 15.6. The number of nitrogens with one attached hydrogen (secondary N) is 1. The maximum Gasteiger partial charge on any atom is 0.339 e. The molecule has 0 atom stereocenters. The van der Waals surface area contributed by atoms with Crippen LogP contribution in [-0.4, -0.2) is 29.7 Å². The van der Waals surface area contributed by atoms with Crippen molar-refractivity contribution in [2.24, 2.45) is 0 Å². The van der Waals surface area contributed by atoms with Crippen LogP contribution in [0.5, 0.6) is 0 Å². The predicted octanol–water partition coefficient (Wildman–Crippen LogP) is 3.08. The van der Waals surface area contributed by atoms with Gasteiger partial charge in [0.2, 0.25) is 5.91 Å². The van der Waals surface area contributed by atoms with E-state index in [0.29, 0.717) is 5.00 Å². The van der Waals surface area contributed by atoms with Crippen molar-refractivity contribution in [3.8, 4) is 0 Å². The molecule has 5 nitrogen and oxygen atoms in total. The number of ether oxygens (including phenoxy) is 1. The van der Waals surface area contributed by atoms with Gasteiger partial charge < -0.3 is 15.2 Å². The van der Waals surface area contributed by atoms with Crippen LogP contribution < -0.4 is 5.32 Å². The van der Waals surface area contributed by atoms with Crippen LogP contribution in [-0.2, 0) is 22.4 Å². The summed E-state index contributed by atoms with van der Waals surface area (Å²) < 4.78 is 5.23. The number of hydrogen-bond acceptors (Lipinski definition) is 4. The summed E-state index contributed by atoms with van der Waals surface area (Å²) in [6.45, 7) is 3.65. The van der Waals surface area contributed by atoms with E-state index < -0.39 is 11.6 Å². The second-order valence-corrected chi connectivity index (χ2v) is 7.01. The van der Waals surface area contributed by atoms with E-state index in [2.05, 4.69) is 5.32 Å². The molecule has 21 heavy (non-hydrogen) atoms. The molecule has 0 spiro atoms. The highest BCUT2D eigenvalue weighted by Crippen LogP contribution is 2.38. The molecule has 1 aromatic heterocycles. The lowest BCUT2D eigenvalue weighted by Crippen LogP contribution is -2.29. The van der Waals surface area contributed by atoms with Crippen molar-refractivity contribution in [2.45, 2.75) is 51.6 Å². The fourth-order valence-electron chi connectivity index (χ4n) is 2.51. The number of carboxylic acids is 1. The lowest BCUT2D eigenvalue weighted by molar-refractivity contribution is -0.121. The number of aromatic carboxylic acids is 1. The van der Waals surface area contributed by atoms with Crippen LogP contribution in [0.3, 0.4) is 0 Å². The van der Waals surface area contributed by atoms with Crippen LogP contribution in [0.2, 0.25) is 0 Å². The lowest BCUT2D eigenvalue weighted by atomic mass is 9.95. The zero-order valence-corrected chi connectivity index (χ0v) is 13.4. The van der Waals surface area contributed by atoms with Crippen LogP contribution >= 0.6 is 11.3 Å². The van der Waals surface area contributed by atoms with Crippen LogP contribution in [0.1, 0.15) is 53.9 Å². The number of methoxy groups -OCH3 is 1. The van der Waals surface area contributed by atoms with Crippen molar-refractivity contribution in [1.29, 1.82) is 0 Å². The Morgan fingerprint density at radius 1 is 1.33 bits per heavy atom. The smallest absolute Gasteiger partial charge is 0.339 e. The number of carbonyl (C=O) groups is 2. The third kappa shape index (κ3) is 3.63. The summed E-state index contributed by atoms with van der Waals surface area (Å²) in [7, 11) is 1.56. The van der Waals surface area contributed by atoms with Gasteiger partial charge in [-0.1, -0.05) is 0 Å². The van der Waals surface area contributed by atoms with E-state index in [1.54, 1.807) is 7.11 Å². The Kier molecular flexibility index (Phi) is 4.68. The Morgan fingerprint density at radius 2 is 2.00 bits per heavy atom. The molecular weight excluding hydrogens is 290 g/mol. The van der Waals surface area contributed by atoms with E-state index in [9.17, 15) is 14.7 Å². The van der Waals surface area contributed by atoms with E-state index in [1.807, 2.05) is 13.8 Å². The summed E-state index contributed by atoms with van der Waals surface area (Å²) in [5.74, 6) is -1.18. The topological polar surface area (TPSA) is 75.6 Å². The number of fused-ring (bicyclic) bond motifs is 1. The molecular formula is C15H21NO4S. The number of rotatable bonds is 5. The molecule has 0 unspecified atom stereocenters. The molecule has 116 valence electrons. The largest absolute Gasteiger partial charge is 0.478 e. The first kappa shape index (κ1) is 16.0. The summed E-state index contributed by atoms with van der Waals surface area (Å²) in [6.07, 6.45) is 3.96. The molecule has 2 N–H and O–H groups in total. The van der Waals surface area contributed by atoms with E-state index in [1.165, 1.54) is 11.3 Å². The lowest BCUT2D eigenvalue weighted by Gasteiger charge is -2.21. The highest BCUT2D eigenvalue weighted by Gasteiger charge is 2.27. The molecule has 0 fully saturated rings. The van der Waals surface area contributed by atoms with Gasteiger partial charge in [-0.15, -0.1) is 11.3 Å². The van der Waals surface area contributed by atoms with Gasteiger partial charge in [-0.2, -0.15) is 0 Å². The fourth-order valence-corrected chi connectivity index (χ4v) is 3.81. The number of thiophene rings is 1. The SMILES string of the molecule is COC(C)(C)CC(=O)Nc1sc2c(c1C(=O)O)CCCC2. The molecule has 1 aliphatic carbocycles. The quantitative estimate of drug-likeness (QED) is 0.876. The summed E-state index contributed by atoms with van der Waals surface area (Å²) in [5, 5.41) is 12.7. The highest BCUT2D eigenvalue weighted by atomic mass is 32.1. The van der Waals surface area contributed by atoms with Gasteiger partial charge in [0.25, 0.3) is 0 Å². The number of anilines is 1. The van der Waals surface area contributed by atoms with Crippen LogP contribution in [0.15, 0.2) is 0 Å². The van der Waals surface area contributed by atoms with E-state index in [-0.39, 0.29) is 17.9 Å². The van der Waals surface area contributed by atoms with Crippen molar-refractivity contribution < 1.29 is 19.4 Å². The van der Waals surface area contributed by atoms with E-state index in [4.69, 9.17) is 4.74 Å². The first-order valence-corrected chi connectivity index (χ1v) is 7.88. The van der Waals surface area contributed by atoms with E-state index >= 15 is 0 Å². The Balaban J connectivity index is 2.22. The fraction of sp³-hybridized carbons (Fsp3) is 0.600. The van der Waals surface area contributed by atoms with Gasteiger partial charge in [0, 0.05) is 12.0 Å². The molecule has 0 saturated carbocycles. The zero-order valence-electron chi connectivity index (χ0n) is 12.6. The van der Waals surface area contributed by atoms with E-state index in [0.717, 1.165) is 36.1 Å². The second kappa shape index (κ2) is 6.15. The van der Waals surface area contributed by atoms with Crippen molar-refractivity contribution >= 4 is 28.2 Å². The molecule has 0 radical (unpaired) electrons. The van der Waals surface area contributed by atoms with Crippen molar-refractivity contribution in [2.75, 3.05) is 12.4 Å². The summed E-state index contributed by atoms with van der Waals surface area (Å²) in [4.78, 5) is 24.7. The maximum absolute atomic E-state index is 12.1. The Hall–Kier alpha value is -1.40. The van der Waals surface area contributed by atoms with Gasteiger partial charge in [0.1, 0.15) is 5.00 Å². The Labute approximate surface area is 128 Å². The van der Waals surface area contributed by atoms with Gasteiger partial charge in [0.15, 0.2) is 0 Å². The van der Waals surface area contributed by atoms with Crippen molar-refractivity contribution in [1.82, 2.24) is 0 Å². The van der Waals surface area contributed by atoms with Crippen LogP contribution in [0.4, 0.5) is 5.00 Å². The first-order chi connectivity index (χ1) is 9.84. The van der Waals surface area contributed by atoms with Gasteiger partial charge >= 0.3 is 5.97 Å². The number of carbonyl (C=O) groups excluding carboxylic acids is 1. The standard InChI is InChI=1S/C15H21NO4S/c1-15(2,20-3)8-11(17)16-13-12(14(18)19)9-6-4-5-7-10(9)21-13/h4-8H2,1-3H3,(H,16,17)(H,18,19). The average Bonchev–Trinajstić information content (AvgIpc) is 2.75. The molecule has 2 rings (SSSR count). The minimum Gasteiger partial charge on any atom is -0.478 e. The Bertz CT molecular complexity index is 562. The van der Waals surface area contributed by atoms with Gasteiger partial charge in [-0.25, -0.2) is 4.79 Å². The third-order valence-electron chi connectivity index (χ3n) is 3.78. The molecule has 1 aromatic rings. The summed E-state index contributed by atoms with van der Waals surface area (Å²) >= 11 is 1.40. The first-order valence-electron chi connectivity index (χ1n) is 7.07. The molecule has 0 saturated heterocycles. The molecule has 0 bridgehead atoms. The number of hydrogen-bond donors (Lipinski definition) is 2. The van der Waals surface area contributed by atoms with Crippen LogP contribution in [0, 0.1) is 0 Å². The minimum absolute atomic E-state index is 0.186. The maximum atomic E-state index is 12.1. The van der Waals surface area contributed by atoms with Gasteiger partial charge in [0.05, 0.1) is 17.6 Å². The average molecular weight is 311 g/mol. The number of aryl methyl sites for hydroxylation is 1. The number of amides is 1. The normalized spacial score (nSPS) is 14.6. The summed E-state index contributed by atoms with van der Waals surface area (Å²) in [5.41, 5.74) is 0.614. The third-order valence-corrected chi connectivity index (χ3v) is 4.98. The van der Waals surface area contributed by atoms with Crippen molar-refractivity contribution in [3.05, 3.63) is 16.0 Å². The van der Waals surface area contributed by atoms with Crippen molar-refractivity contribution in [3.63, 3.8) is 0 Å². The second-order valence-electron chi connectivity index (χ2n) is 5.91. The minimum atomic E-state index is -0.962. The Morgan fingerprint density at radius 3 is 2.62 bits per heavy atom. The molecule has 1 amide bonds. The molecule has 1 aliphatic rings. The van der Waals surface area contributed by atoms with Crippen LogP contribution in [0.25, 0.3) is 0 Å². The predicted molar refractivity (Wildman–Crippen MR) is 82.3 cm³/mol. The highest BCUT2D eigenvalue weighted by molar-refractivity contribution is 7.17. The molecule has 0 aromatic carbocycles. The monoisotopic (exact) mass is 311 g/mol. The molecule has 0 aliphatic heterocycles. The number of carboxylic acid groups (broad SMARTS) is 1. The molecule has 1 heterocycles. The molecule has 6 heteroatoms.